The van der Waals surface area contributed by atoms with Crippen molar-refractivity contribution in [3.8, 4) is 0 Å². The standard InChI is InChI=1S/C18H22FN3OS/c1-13(20-18(23)21-15-8-6-14(19)7-9-15)17(16-5-4-12-24-16)22-10-2-3-11-22/h4-9,12-13,17H,2-3,10-11H2,1H3,(H2,20,21,23)/t13-,17+/m1/s1. The van der Waals surface area contributed by atoms with Crippen LogP contribution in [-0.4, -0.2) is 30.1 Å². The minimum absolute atomic E-state index is 0.0257. The number of nitrogens with one attached hydrogen (secondary N) is 2. The molecule has 0 unspecified atom stereocenters. The molecule has 2 aromatic rings. The van der Waals surface area contributed by atoms with Crippen LogP contribution in [-0.2, 0) is 0 Å². The Balaban J connectivity index is 1.65. The third-order valence-electron chi connectivity index (χ3n) is 4.30. The summed E-state index contributed by atoms with van der Waals surface area (Å²) in [5, 5.41) is 7.86. The van der Waals surface area contributed by atoms with Gasteiger partial charge in [-0.3, -0.25) is 4.90 Å². The number of likely N-dealkylation sites (tertiary alicyclic amines) is 1. The van der Waals surface area contributed by atoms with Crippen molar-refractivity contribution in [3.05, 3.63) is 52.5 Å². The lowest BCUT2D eigenvalue weighted by Gasteiger charge is -2.32. The maximum atomic E-state index is 12.9. The van der Waals surface area contributed by atoms with Crippen molar-refractivity contribution in [3.63, 3.8) is 0 Å². The van der Waals surface area contributed by atoms with Gasteiger partial charge in [-0.05, 0) is 68.6 Å². The van der Waals surface area contributed by atoms with Crippen LogP contribution >= 0.6 is 11.3 Å². The van der Waals surface area contributed by atoms with Crippen LogP contribution in [0.5, 0.6) is 0 Å². The molecule has 0 bridgehead atoms. The Morgan fingerprint density at radius 2 is 1.92 bits per heavy atom. The van der Waals surface area contributed by atoms with Crippen LogP contribution in [0.1, 0.15) is 30.7 Å². The monoisotopic (exact) mass is 347 g/mol. The second-order valence-electron chi connectivity index (χ2n) is 6.10. The van der Waals surface area contributed by atoms with E-state index in [4.69, 9.17) is 0 Å². The van der Waals surface area contributed by atoms with Gasteiger partial charge in [0.15, 0.2) is 0 Å². The van der Waals surface area contributed by atoms with E-state index in [-0.39, 0.29) is 23.9 Å². The molecule has 0 spiro atoms. The van der Waals surface area contributed by atoms with Crippen LogP contribution in [0.2, 0.25) is 0 Å². The molecule has 24 heavy (non-hydrogen) atoms. The number of halogens is 1. The first-order valence-electron chi connectivity index (χ1n) is 8.24. The molecular formula is C18H22FN3OS. The van der Waals surface area contributed by atoms with Crippen LogP contribution in [0.4, 0.5) is 14.9 Å². The van der Waals surface area contributed by atoms with Crippen molar-refractivity contribution < 1.29 is 9.18 Å². The zero-order chi connectivity index (χ0) is 16.9. The summed E-state index contributed by atoms with van der Waals surface area (Å²) in [4.78, 5) is 16.0. The predicted octanol–water partition coefficient (Wildman–Crippen LogP) is 4.23. The van der Waals surface area contributed by atoms with E-state index in [1.165, 1.54) is 29.9 Å². The molecule has 1 aliphatic rings. The molecule has 3 rings (SSSR count). The van der Waals surface area contributed by atoms with E-state index < -0.39 is 0 Å². The van der Waals surface area contributed by atoms with Gasteiger partial charge in [0.1, 0.15) is 5.82 Å². The number of thiophene rings is 1. The highest BCUT2D eigenvalue weighted by Crippen LogP contribution is 2.31. The number of nitrogens with zero attached hydrogens (tertiary/aromatic N) is 1. The molecule has 1 aromatic heterocycles. The van der Waals surface area contributed by atoms with Crippen LogP contribution in [0.15, 0.2) is 41.8 Å². The third-order valence-corrected chi connectivity index (χ3v) is 5.25. The van der Waals surface area contributed by atoms with Gasteiger partial charge in [-0.25, -0.2) is 9.18 Å². The number of hydrogen-bond acceptors (Lipinski definition) is 3. The minimum Gasteiger partial charge on any atom is -0.333 e. The molecule has 2 N–H and O–H groups in total. The maximum absolute atomic E-state index is 12.9. The topological polar surface area (TPSA) is 44.4 Å². The number of urea groups is 1. The second-order valence-corrected chi connectivity index (χ2v) is 7.08. The first kappa shape index (κ1) is 16.9. The maximum Gasteiger partial charge on any atom is 0.319 e. The molecule has 4 nitrogen and oxygen atoms in total. The fraction of sp³-hybridized carbons (Fsp3) is 0.389. The summed E-state index contributed by atoms with van der Waals surface area (Å²) >= 11 is 1.72. The number of carbonyl (C=O) groups is 1. The van der Waals surface area contributed by atoms with E-state index in [9.17, 15) is 9.18 Å². The van der Waals surface area contributed by atoms with Crippen LogP contribution in [0.3, 0.4) is 0 Å². The quantitative estimate of drug-likeness (QED) is 0.850. The number of benzene rings is 1. The summed E-state index contributed by atoms with van der Waals surface area (Å²) in [6.45, 7) is 4.16. The van der Waals surface area contributed by atoms with E-state index >= 15 is 0 Å². The zero-order valence-corrected chi connectivity index (χ0v) is 14.5. The Bertz CT molecular complexity index is 653. The SMILES string of the molecule is C[C@@H](NC(=O)Nc1ccc(F)cc1)[C@@H](c1cccs1)N1CCCC1. The molecule has 6 heteroatoms. The predicted molar refractivity (Wildman–Crippen MR) is 95.9 cm³/mol. The van der Waals surface area contributed by atoms with Gasteiger partial charge in [-0.2, -0.15) is 0 Å². The summed E-state index contributed by atoms with van der Waals surface area (Å²) < 4.78 is 12.9. The number of anilines is 1. The van der Waals surface area contributed by atoms with Gasteiger partial charge >= 0.3 is 6.03 Å². The van der Waals surface area contributed by atoms with Crippen LogP contribution < -0.4 is 10.6 Å². The van der Waals surface area contributed by atoms with Gasteiger partial charge in [-0.15, -0.1) is 11.3 Å². The molecule has 1 aliphatic heterocycles. The van der Waals surface area contributed by atoms with Gasteiger partial charge in [0.05, 0.1) is 6.04 Å². The molecular weight excluding hydrogens is 325 g/mol. The highest BCUT2D eigenvalue weighted by Gasteiger charge is 2.29. The second kappa shape index (κ2) is 7.77. The third kappa shape index (κ3) is 4.13. The Morgan fingerprint density at radius 3 is 2.54 bits per heavy atom. The van der Waals surface area contributed by atoms with E-state index in [1.54, 1.807) is 23.5 Å². The first-order valence-corrected chi connectivity index (χ1v) is 9.12. The molecule has 1 saturated heterocycles. The van der Waals surface area contributed by atoms with Gasteiger partial charge in [0.2, 0.25) is 0 Å². The Labute approximate surface area is 145 Å². The number of amides is 2. The summed E-state index contributed by atoms with van der Waals surface area (Å²) in [6, 6.07) is 9.84. The molecule has 2 atom stereocenters. The fourth-order valence-electron chi connectivity index (χ4n) is 3.21. The van der Waals surface area contributed by atoms with Crippen molar-refractivity contribution in [1.29, 1.82) is 0 Å². The molecule has 0 saturated carbocycles. The highest BCUT2D eigenvalue weighted by atomic mass is 32.1. The van der Waals surface area contributed by atoms with E-state index in [2.05, 4.69) is 27.0 Å². The molecule has 0 radical (unpaired) electrons. The van der Waals surface area contributed by atoms with E-state index in [0.717, 1.165) is 13.1 Å². The van der Waals surface area contributed by atoms with Crippen molar-refractivity contribution >= 4 is 23.1 Å². The number of carbonyl (C=O) groups excluding carboxylic acids is 1. The fourth-order valence-corrected chi connectivity index (χ4v) is 4.17. The van der Waals surface area contributed by atoms with E-state index in [1.807, 2.05) is 13.0 Å². The molecule has 0 aliphatic carbocycles. The van der Waals surface area contributed by atoms with Crippen LogP contribution in [0, 0.1) is 5.82 Å². The summed E-state index contributed by atoms with van der Waals surface area (Å²) in [5.74, 6) is -0.318. The summed E-state index contributed by atoms with van der Waals surface area (Å²) in [6.07, 6.45) is 2.41. The lowest BCUT2D eigenvalue weighted by molar-refractivity contribution is 0.200. The van der Waals surface area contributed by atoms with Crippen molar-refractivity contribution in [1.82, 2.24) is 10.2 Å². The molecule has 2 heterocycles. The lowest BCUT2D eigenvalue weighted by Crippen LogP contribution is -2.45. The molecule has 1 aromatic carbocycles. The van der Waals surface area contributed by atoms with Gasteiger partial charge < -0.3 is 10.6 Å². The number of hydrogen-bond donors (Lipinski definition) is 2. The van der Waals surface area contributed by atoms with Crippen LogP contribution in [0.25, 0.3) is 0 Å². The minimum atomic E-state index is -0.318. The summed E-state index contributed by atoms with van der Waals surface area (Å²) in [5.41, 5.74) is 0.579. The van der Waals surface area contributed by atoms with Gasteiger partial charge in [0, 0.05) is 16.6 Å². The first-order chi connectivity index (χ1) is 11.6. The Morgan fingerprint density at radius 1 is 1.21 bits per heavy atom. The Kier molecular flexibility index (Phi) is 5.48. The average molecular weight is 347 g/mol. The van der Waals surface area contributed by atoms with Crippen molar-refractivity contribution in [2.24, 2.45) is 0 Å². The molecule has 1 fully saturated rings. The van der Waals surface area contributed by atoms with Gasteiger partial charge in [-0.1, -0.05) is 6.07 Å². The Hall–Kier alpha value is -1.92. The van der Waals surface area contributed by atoms with E-state index in [0.29, 0.717) is 5.69 Å². The average Bonchev–Trinajstić information content (AvgIpc) is 3.24. The molecule has 2 amide bonds. The largest absolute Gasteiger partial charge is 0.333 e. The molecule has 128 valence electrons. The number of rotatable bonds is 5. The normalized spacial score (nSPS) is 17.4. The van der Waals surface area contributed by atoms with Gasteiger partial charge in [0.25, 0.3) is 0 Å². The van der Waals surface area contributed by atoms with Crippen molar-refractivity contribution in [2.45, 2.75) is 31.8 Å². The lowest BCUT2D eigenvalue weighted by atomic mass is 10.1. The zero-order valence-electron chi connectivity index (χ0n) is 13.7. The highest BCUT2D eigenvalue weighted by molar-refractivity contribution is 7.10. The smallest absolute Gasteiger partial charge is 0.319 e. The summed E-state index contributed by atoms with van der Waals surface area (Å²) in [7, 11) is 0. The van der Waals surface area contributed by atoms with Crippen molar-refractivity contribution in [2.75, 3.05) is 18.4 Å².